The number of rotatable bonds is 4. The van der Waals surface area contributed by atoms with Crippen molar-refractivity contribution in [2.45, 2.75) is 45.2 Å². The molecule has 0 aromatic rings. The summed E-state index contributed by atoms with van der Waals surface area (Å²) in [4.78, 5) is 2.43. The van der Waals surface area contributed by atoms with E-state index in [1.54, 1.807) is 0 Å². The van der Waals surface area contributed by atoms with Crippen LogP contribution in [-0.2, 0) is 0 Å². The highest BCUT2D eigenvalue weighted by molar-refractivity contribution is 4.89. The summed E-state index contributed by atoms with van der Waals surface area (Å²) in [6.07, 6.45) is 3.34. The van der Waals surface area contributed by atoms with Gasteiger partial charge < -0.3 is 0 Å². The van der Waals surface area contributed by atoms with Gasteiger partial charge in [0, 0.05) is 12.1 Å². The molecular formula is C9H16N2. The Morgan fingerprint density at radius 3 is 2.64 bits per heavy atom. The number of nitriles is 1. The molecule has 0 saturated heterocycles. The van der Waals surface area contributed by atoms with E-state index in [1.165, 1.54) is 12.8 Å². The number of hydrogen-bond acceptors (Lipinski definition) is 2. The molecule has 1 atom stereocenters. The summed E-state index contributed by atoms with van der Waals surface area (Å²) in [7, 11) is 0. The lowest BCUT2D eigenvalue weighted by molar-refractivity contribution is 0.212. The van der Waals surface area contributed by atoms with Crippen LogP contribution in [0, 0.1) is 11.3 Å². The fourth-order valence-corrected chi connectivity index (χ4v) is 1.59. The molecule has 1 aliphatic carbocycles. The summed E-state index contributed by atoms with van der Waals surface area (Å²) in [6.45, 7) is 5.41. The second kappa shape index (κ2) is 3.73. The number of hydrogen-bond donors (Lipinski definition) is 0. The van der Waals surface area contributed by atoms with E-state index in [0.717, 1.165) is 12.6 Å². The van der Waals surface area contributed by atoms with E-state index < -0.39 is 0 Å². The molecule has 62 valence electrons. The second-order valence-electron chi connectivity index (χ2n) is 3.27. The summed E-state index contributed by atoms with van der Waals surface area (Å²) < 4.78 is 0. The van der Waals surface area contributed by atoms with Crippen molar-refractivity contribution >= 4 is 0 Å². The summed E-state index contributed by atoms with van der Waals surface area (Å²) in [5, 5.41) is 8.51. The van der Waals surface area contributed by atoms with Gasteiger partial charge in [0.05, 0.1) is 12.5 Å². The molecule has 0 aromatic carbocycles. The first-order valence-corrected chi connectivity index (χ1v) is 4.42. The smallest absolute Gasteiger partial charge is 0.0638 e. The molecule has 0 heterocycles. The molecule has 1 rings (SSSR count). The van der Waals surface area contributed by atoms with Gasteiger partial charge in [-0.05, 0) is 26.3 Å². The largest absolute Gasteiger partial charge is 0.297 e. The molecule has 1 unspecified atom stereocenters. The molecule has 0 N–H and O–H groups in total. The SMILES string of the molecule is CCN(C(C)CC#N)C1CC1. The highest BCUT2D eigenvalue weighted by atomic mass is 15.2. The van der Waals surface area contributed by atoms with Crippen molar-refractivity contribution in [2.24, 2.45) is 0 Å². The van der Waals surface area contributed by atoms with Crippen molar-refractivity contribution < 1.29 is 0 Å². The monoisotopic (exact) mass is 152 g/mol. The van der Waals surface area contributed by atoms with E-state index >= 15 is 0 Å². The molecule has 1 aliphatic rings. The maximum absolute atomic E-state index is 8.51. The number of nitrogens with zero attached hydrogens (tertiary/aromatic N) is 2. The highest BCUT2D eigenvalue weighted by Crippen LogP contribution is 2.28. The van der Waals surface area contributed by atoms with Gasteiger partial charge >= 0.3 is 0 Å². The van der Waals surface area contributed by atoms with Gasteiger partial charge in [0.15, 0.2) is 0 Å². The third kappa shape index (κ3) is 2.20. The van der Waals surface area contributed by atoms with Crippen LogP contribution in [0.2, 0.25) is 0 Å². The maximum Gasteiger partial charge on any atom is 0.0638 e. The Kier molecular flexibility index (Phi) is 2.90. The van der Waals surface area contributed by atoms with Crippen LogP contribution < -0.4 is 0 Å². The van der Waals surface area contributed by atoms with Crippen molar-refractivity contribution in [3.63, 3.8) is 0 Å². The van der Waals surface area contributed by atoms with Crippen LogP contribution in [0.3, 0.4) is 0 Å². The van der Waals surface area contributed by atoms with Crippen molar-refractivity contribution in [1.29, 1.82) is 5.26 Å². The van der Waals surface area contributed by atoms with Gasteiger partial charge in [-0.25, -0.2) is 0 Å². The lowest BCUT2D eigenvalue weighted by Gasteiger charge is -2.25. The molecule has 0 radical (unpaired) electrons. The third-order valence-electron chi connectivity index (χ3n) is 2.33. The molecule has 1 fully saturated rings. The van der Waals surface area contributed by atoms with E-state index in [4.69, 9.17) is 5.26 Å². The first-order valence-electron chi connectivity index (χ1n) is 4.42. The lowest BCUT2D eigenvalue weighted by atomic mass is 10.2. The molecule has 2 heteroatoms. The highest BCUT2D eigenvalue weighted by Gasteiger charge is 2.30. The van der Waals surface area contributed by atoms with Gasteiger partial charge in [0.25, 0.3) is 0 Å². The van der Waals surface area contributed by atoms with E-state index in [1.807, 2.05) is 0 Å². The minimum absolute atomic E-state index is 0.456. The minimum Gasteiger partial charge on any atom is -0.297 e. The molecular weight excluding hydrogens is 136 g/mol. The van der Waals surface area contributed by atoms with E-state index in [0.29, 0.717) is 12.5 Å². The van der Waals surface area contributed by atoms with Crippen molar-refractivity contribution in [2.75, 3.05) is 6.54 Å². The fourth-order valence-electron chi connectivity index (χ4n) is 1.59. The van der Waals surface area contributed by atoms with Crippen molar-refractivity contribution in [3.05, 3.63) is 0 Å². The summed E-state index contributed by atoms with van der Waals surface area (Å²) in [6, 6.07) is 3.47. The Balaban J connectivity index is 2.34. The molecule has 1 saturated carbocycles. The van der Waals surface area contributed by atoms with Gasteiger partial charge in [-0.2, -0.15) is 5.26 Å². The van der Waals surface area contributed by atoms with E-state index in [2.05, 4.69) is 24.8 Å². The van der Waals surface area contributed by atoms with Crippen molar-refractivity contribution in [1.82, 2.24) is 4.90 Å². The van der Waals surface area contributed by atoms with Crippen LogP contribution in [0.25, 0.3) is 0 Å². The second-order valence-corrected chi connectivity index (χ2v) is 3.27. The molecule has 0 aromatic heterocycles. The Morgan fingerprint density at radius 2 is 2.27 bits per heavy atom. The molecule has 0 aliphatic heterocycles. The zero-order valence-corrected chi connectivity index (χ0v) is 7.38. The van der Waals surface area contributed by atoms with Crippen LogP contribution in [-0.4, -0.2) is 23.5 Å². The fraction of sp³-hybridized carbons (Fsp3) is 0.889. The zero-order valence-electron chi connectivity index (χ0n) is 7.38. The first-order chi connectivity index (χ1) is 5.29. The zero-order chi connectivity index (χ0) is 8.27. The molecule has 0 spiro atoms. The van der Waals surface area contributed by atoms with E-state index in [9.17, 15) is 0 Å². The molecule has 0 amide bonds. The van der Waals surface area contributed by atoms with Crippen LogP contribution in [0.5, 0.6) is 0 Å². The van der Waals surface area contributed by atoms with Crippen LogP contribution >= 0.6 is 0 Å². The average molecular weight is 152 g/mol. The molecule has 0 bridgehead atoms. The van der Waals surface area contributed by atoms with Gasteiger partial charge in [-0.15, -0.1) is 0 Å². The van der Waals surface area contributed by atoms with E-state index in [-0.39, 0.29) is 0 Å². The first kappa shape index (κ1) is 8.55. The summed E-state index contributed by atoms with van der Waals surface area (Å²) in [5.41, 5.74) is 0. The predicted molar refractivity (Wildman–Crippen MR) is 45.1 cm³/mol. The average Bonchev–Trinajstić information content (AvgIpc) is 2.73. The minimum atomic E-state index is 0.456. The quantitative estimate of drug-likeness (QED) is 0.614. The maximum atomic E-state index is 8.51. The predicted octanol–water partition coefficient (Wildman–Crippen LogP) is 1.77. The Hall–Kier alpha value is -0.550. The van der Waals surface area contributed by atoms with Gasteiger partial charge in [0.1, 0.15) is 0 Å². The van der Waals surface area contributed by atoms with Crippen LogP contribution in [0.1, 0.15) is 33.1 Å². The van der Waals surface area contributed by atoms with Crippen LogP contribution in [0.15, 0.2) is 0 Å². The molecule has 11 heavy (non-hydrogen) atoms. The standard InChI is InChI=1S/C9H16N2/c1-3-11(9-4-5-9)8(2)6-7-10/h8-9H,3-6H2,1-2H3. The van der Waals surface area contributed by atoms with Gasteiger partial charge in [-0.1, -0.05) is 6.92 Å². The Morgan fingerprint density at radius 1 is 1.64 bits per heavy atom. The summed E-state index contributed by atoms with van der Waals surface area (Å²) >= 11 is 0. The van der Waals surface area contributed by atoms with Crippen molar-refractivity contribution in [3.8, 4) is 6.07 Å². The normalized spacial score (nSPS) is 19.8. The Bertz CT molecular complexity index is 155. The topological polar surface area (TPSA) is 27.0 Å². The Labute approximate surface area is 68.8 Å². The third-order valence-corrected chi connectivity index (χ3v) is 2.33. The summed E-state index contributed by atoms with van der Waals surface area (Å²) in [5.74, 6) is 0. The van der Waals surface area contributed by atoms with Gasteiger partial charge in [0.2, 0.25) is 0 Å². The molecule has 2 nitrogen and oxygen atoms in total. The van der Waals surface area contributed by atoms with Crippen LogP contribution in [0.4, 0.5) is 0 Å². The van der Waals surface area contributed by atoms with Gasteiger partial charge in [-0.3, -0.25) is 4.90 Å². The lowest BCUT2D eigenvalue weighted by Crippen LogP contribution is -2.34.